The smallest absolute Gasteiger partial charge is 0.273 e. The molecule has 2 unspecified atom stereocenters. The molecule has 2 aliphatic rings. The van der Waals surface area contributed by atoms with Gasteiger partial charge in [0.05, 0.1) is 17.8 Å². The first-order valence-electron chi connectivity index (χ1n) is 12.3. The first kappa shape index (κ1) is 24.0. The molecular formula is C29H25Cl2N3O3. The van der Waals surface area contributed by atoms with Gasteiger partial charge in [0, 0.05) is 39.9 Å². The van der Waals surface area contributed by atoms with Gasteiger partial charge in [-0.2, -0.15) is 5.10 Å². The van der Waals surface area contributed by atoms with E-state index in [1.165, 1.54) is 0 Å². The van der Waals surface area contributed by atoms with Crippen LogP contribution in [0, 0.1) is 0 Å². The molecule has 1 amide bonds. The third-order valence-electron chi connectivity index (χ3n) is 6.95. The molecule has 3 heterocycles. The average molecular weight is 534 g/mol. The minimum Gasteiger partial charge on any atom is -0.489 e. The summed E-state index contributed by atoms with van der Waals surface area (Å²) >= 11 is 12.4. The molecule has 37 heavy (non-hydrogen) atoms. The number of benzene rings is 3. The van der Waals surface area contributed by atoms with E-state index in [0.29, 0.717) is 28.9 Å². The first-order valence-corrected chi connectivity index (χ1v) is 13.1. The van der Waals surface area contributed by atoms with E-state index in [1.807, 2.05) is 77.7 Å². The van der Waals surface area contributed by atoms with Crippen molar-refractivity contribution < 1.29 is 14.3 Å². The Morgan fingerprint density at radius 1 is 1.03 bits per heavy atom. The van der Waals surface area contributed by atoms with E-state index in [1.54, 1.807) is 0 Å². The summed E-state index contributed by atoms with van der Waals surface area (Å²) in [5.41, 5.74) is 4.94. The topological polar surface area (TPSA) is 67.5 Å². The monoisotopic (exact) mass is 533 g/mol. The molecule has 0 spiro atoms. The lowest BCUT2D eigenvalue weighted by atomic mass is 9.96. The van der Waals surface area contributed by atoms with Gasteiger partial charge >= 0.3 is 0 Å². The van der Waals surface area contributed by atoms with Crippen molar-refractivity contribution in [3.05, 3.63) is 105 Å². The number of carbonyl (C=O) groups is 1. The van der Waals surface area contributed by atoms with Gasteiger partial charge in [-0.05, 0) is 48.7 Å². The van der Waals surface area contributed by atoms with Crippen LogP contribution in [0.15, 0.2) is 72.8 Å². The molecule has 8 heteroatoms. The second-order valence-electron chi connectivity index (χ2n) is 9.31. The quantitative estimate of drug-likeness (QED) is 0.287. The molecule has 0 radical (unpaired) electrons. The number of nitrogens with one attached hydrogen (secondary N) is 1. The van der Waals surface area contributed by atoms with Crippen molar-refractivity contribution in [2.24, 2.45) is 0 Å². The molecule has 3 aromatic carbocycles. The van der Waals surface area contributed by atoms with E-state index in [-0.39, 0.29) is 18.1 Å². The van der Waals surface area contributed by atoms with Crippen LogP contribution >= 0.6 is 23.2 Å². The SMILES string of the molecule is O=C1c2[nH]nc(-c3ccc(Cl)cc3)c2C(c2ccc(OCc3ccccc3Cl)cc2)N1CC1CCCO1. The molecule has 6 nitrogen and oxygen atoms in total. The number of hydrogen-bond acceptors (Lipinski definition) is 4. The molecule has 0 aliphatic carbocycles. The molecule has 0 saturated carbocycles. The van der Waals surface area contributed by atoms with Gasteiger partial charge in [-0.3, -0.25) is 9.89 Å². The largest absolute Gasteiger partial charge is 0.489 e. The van der Waals surface area contributed by atoms with Crippen LogP contribution in [0.4, 0.5) is 0 Å². The molecular weight excluding hydrogens is 509 g/mol. The lowest BCUT2D eigenvalue weighted by Gasteiger charge is -2.28. The van der Waals surface area contributed by atoms with Gasteiger partial charge in [-0.1, -0.05) is 65.7 Å². The maximum absolute atomic E-state index is 13.6. The van der Waals surface area contributed by atoms with Gasteiger partial charge in [0.2, 0.25) is 0 Å². The summed E-state index contributed by atoms with van der Waals surface area (Å²) in [6.07, 6.45) is 1.99. The maximum Gasteiger partial charge on any atom is 0.273 e. The zero-order valence-electron chi connectivity index (χ0n) is 20.0. The van der Waals surface area contributed by atoms with Crippen LogP contribution in [0.2, 0.25) is 10.0 Å². The zero-order valence-corrected chi connectivity index (χ0v) is 21.5. The number of carbonyl (C=O) groups excluding carboxylic acids is 1. The van der Waals surface area contributed by atoms with Crippen LogP contribution in [0.3, 0.4) is 0 Å². The molecule has 188 valence electrons. The lowest BCUT2D eigenvalue weighted by molar-refractivity contribution is 0.0495. The number of aromatic nitrogens is 2. The Morgan fingerprint density at radius 3 is 2.54 bits per heavy atom. The van der Waals surface area contributed by atoms with Crippen LogP contribution in [0.25, 0.3) is 11.3 Å². The van der Waals surface area contributed by atoms with Crippen LogP contribution in [0.5, 0.6) is 5.75 Å². The fourth-order valence-corrected chi connectivity index (χ4v) is 5.41. The Labute approximate surface area is 225 Å². The minimum atomic E-state index is -0.297. The summed E-state index contributed by atoms with van der Waals surface area (Å²) in [7, 11) is 0. The second kappa shape index (κ2) is 10.2. The molecule has 1 N–H and O–H groups in total. The van der Waals surface area contributed by atoms with Crippen LogP contribution < -0.4 is 4.74 Å². The Balaban J connectivity index is 1.32. The number of H-pyrrole nitrogens is 1. The molecule has 2 aliphatic heterocycles. The maximum atomic E-state index is 13.6. The summed E-state index contributed by atoms with van der Waals surface area (Å²) in [5, 5.41) is 8.87. The van der Waals surface area contributed by atoms with Gasteiger partial charge < -0.3 is 14.4 Å². The molecule has 0 bridgehead atoms. The molecule has 1 fully saturated rings. The normalized spacial score (nSPS) is 18.9. The highest BCUT2D eigenvalue weighted by molar-refractivity contribution is 6.31. The van der Waals surface area contributed by atoms with E-state index in [4.69, 9.17) is 32.7 Å². The molecule has 2 atom stereocenters. The Morgan fingerprint density at radius 2 is 1.81 bits per heavy atom. The predicted octanol–water partition coefficient (Wildman–Crippen LogP) is 6.69. The second-order valence-corrected chi connectivity index (χ2v) is 10.2. The Kier molecular flexibility index (Phi) is 6.63. The van der Waals surface area contributed by atoms with Crippen LogP contribution in [-0.2, 0) is 11.3 Å². The highest BCUT2D eigenvalue weighted by Gasteiger charge is 2.43. The summed E-state index contributed by atoms with van der Waals surface area (Å²) in [6, 6.07) is 22.7. The number of ether oxygens (including phenoxy) is 2. The summed E-state index contributed by atoms with van der Waals surface area (Å²) in [6.45, 7) is 1.63. The number of rotatable bonds is 7. The van der Waals surface area contributed by atoms with E-state index in [9.17, 15) is 4.79 Å². The highest BCUT2D eigenvalue weighted by atomic mass is 35.5. The number of aromatic amines is 1. The van der Waals surface area contributed by atoms with Crippen molar-refractivity contribution in [3.8, 4) is 17.0 Å². The van der Waals surface area contributed by atoms with Crippen LogP contribution in [-0.4, -0.2) is 40.3 Å². The third kappa shape index (κ3) is 4.73. The zero-order chi connectivity index (χ0) is 25.4. The number of hydrogen-bond donors (Lipinski definition) is 1. The molecule has 4 aromatic rings. The van der Waals surface area contributed by atoms with Gasteiger partial charge in [-0.25, -0.2) is 0 Å². The predicted molar refractivity (Wildman–Crippen MR) is 143 cm³/mol. The van der Waals surface area contributed by atoms with Gasteiger partial charge in [0.15, 0.2) is 0 Å². The van der Waals surface area contributed by atoms with Crippen molar-refractivity contribution in [2.45, 2.75) is 31.6 Å². The number of fused-ring (bicyclic) bond motifs is 1. The van der Waals surface area contributed by atoms with Crippen LogP contribution in [0.1, 0.15) is 46.1 Å². The van der Waals surface area contributed by atoms with Crippen molar-refractivity contribution in [1.82, 2.24) is 15.1 Å². The molecule has 1 saturated heterocycles. The van der Waals surface area contributed by atoms with Crippen molar-refractivity contribution in [2.75, 3.05) is 13.2 Å². The van der Waals surface area contributed by atoms with Crippen molar-refractivity contribution >= 4 is 29.1 Å². The van der Waals surface area contributed by atoms with E-state index < -0.39 is 0 Å². The summed E-state index contributed by atoms with van der Waals surface area (Å²) in [5.74, 6) is 0.659. The highest BCUT2D eigenvalue weighted by Crippen LogP contribution is 2.43. The Hall–Kier alpha value is -3.32. The Bertz CT molecular complexity index is 1410. The first-order chi connectivity index (χ1) is 18.1. The van der Waals surface area contributed by atoms with Crippen molar-refractivity contribution in [1.29, 1.82) is 0 Å². The molecule has 6 rings (SSSR count). The standard InChI is InChI=1S/C29H25Cl2N3O3/c30-21-11-7-18(8-12-21)26-25-27(33-32-26)29(35)34(16-23-5-3-15-36-23)28(25)19-9-13-22(14-10-19)37-17-20-4-1-2-6-24(20)31/h1-2,4,6-14,23,28H,3,5,15-17H2,(H,32,33). The van der Waals surface area contributed by atoms with E-state index in [2.05, 4.69) is 10.2 Å². The van der Waals surface area contributed by atoms with Gasteiger partial charge in [0.25, 0.3) is 5.91 Å². The molecule has 1 aromatic heterocycles. The third-order valence-corrected chi connectivity index (χ3v) is 7.57. The average Bonchev–Trinajstić information content (AvgIpc) is 3.64. The fraction of sp³-hybridized carbons (Fsp3) is 0.241. The lowest BCUT2D eigenvalue weighted by Crippen LogP contribution is -2.36. The summed E-state index contributed by atoms with van der Waals surface area (Å²) in [4.78, 5) is 15.5. The van der Waals surface area contributed by atoms with Gasteiger partial charge in [-0.15, -0.1) is 0 Å². The summed E-state index contributed by atoms with van der Waals surface area (Å²) < 4.78 is 11.9. The van der Waals surface area contributed by atoms with E-state index in [0.717, 1.165) is 53.1 Å². The number of amides is 1. The number of halogens is 2. The van der Waals surface area contributed by atoms with Crippen molar-refractivity contribution in [3.63, 3.8) is 0 Å². The number of nitrogens with zero attached hydrogens (tertiary/aromatic N) is 2. The fourth-order valence-electron chi connectivity index (χ4n) is 5.09. The minimum absolute atomic E-state index is 0.0284. The van der Waals surface area contributed by atoms with E-state index >= 15 is 0 Å². The van der Waals surface area contributed by atoms with Gasteiger partial charge in [0.1, 0.15) is 18.1 Å².